The van der Waals surface area contributed by atoms with Crippen LogP contribution in [0.1, 0.15) is 17.8 Å². The van der Waals surface area contributed by atoms with Crippen molar-refractivity contribution in [3.05, 3.63) is 54.2 Å². The van der Waals surface area contributed by atoms with Crippen molar-refractivity contribution < 1.29 is 0 Å². The van der Waals surface area contributed by atoms with Crippen LogP contribution >= 0.6 is 0 Å². The van der Waals surface area contributed by atoms with Gasteiger partial charge in [0.15, 0.2) is 0 Å². The van der Waals surface area contributed by atoms with Gasteiger partial charge >= 0.3 is 0 Å². The highest BCUT2D eigenvalue weighted by atomic mass is 15.2. The number of fused-ring (bicyclic) bond motifs is 1. The monoisotopic (exact) mass is 267 g/mol. The summed E-state index contributed by atoms with van der Waals surface area (Å²) in [4.78, 5) is 8.57. The minimum atomic E-state index is 0.838. The maximum atomic E-state index is 4.46. The summed E-state index contributed by atoms with van der Waals surface area (Å²) < 4.78 is 0. The summed E-state index contributed by atoms with van der Waals surface area (Å²) in [6.07, 6.45) is 5.34. The summed E-state index contributed by atoms with van der Waals surface area (Å²) in [5.74, 6) is 0.943. The third kappa shape index (κ3) is 3.00. The molecule has 0 atom stereocenters. The van der Waals surface area contributed by atoms with E-state index in [9.17, 15) is 0 Å². The molecule has 0 saturated carbocycles. The lowest BCUT2D eigenvalue weighted by Crippen LogP contribution is -2.16. The molecule has 5 heteroatoms. The highest BCUT2D eigenvalue weighted by Gasteiger charge is 2.01. The quantitative estimate of drug-likeness (QED) is 0.671. The van der Waals surface area contributed by atoms with Crippen molar-refractivity contribution in [2.24, 2.45) is 0 Å². The fourth-order valence-corrected chi connectivity index (χ4v) is 2.27. The Hall–Kier alpha value is -2.27. The first-order valence-electron chi connectivity index (χ1n) is 6.81. The minimum absolute atomic E-state index is 0.838. The second-order valence-electron chi connectivity index (χ2n) is 4.70. The van der Waals surface area contributed by atoms with E-state index < -0.39 is 0 Å². The standard InChI is InChI=1S/C15H17N5/c1-4-12-6-2-9-17-15(12)13(5-1)10-16-8-3-7-14-18-11-19-20-14/h1-2,4-6,9,11,16H,3,7-8,10H2,(H,18,19,20). The van der Waals surface area contributed by atoms with Gasteiger partial charge < -0.3 is 5.32 Å². The number of nitrogens with one attached hydrogen (secondary N) is 2. The molecule has 1 aromatic carbocycles. The van der Waals surface area contributed by atoms with Gasteiger partial charge in [-0.1, -0.05) is 24.3 Å². The molecular weight excluding hydrogens is 250 g/mol. The van der Waals surface area contributed by atoms with Crippen molar-refractivity contribution in [1.82, 2.24) is 25.5 Å². The molecule has 0 radical (unpaired) electrons. The zero-order valence-corrected chi connectivity index (χ0v) is 11.2. The van der Waals surface area contributed by atoms with Crippen LogP contribution in [0, 0.1) is 0 Å². The molecule has 2 heterocycles. The van der Waals surface area contributed by atoms with E-state index >= 15 is 0 Å². The van der Waals surface area contributed by atoms with Crippen molar-refractivity contribution in [2.45, 2.75) is 19.4 Å². The summed E-state index contributed by atoms with van der Waals surface area (Å²) in [5.41, 5.74) is 2.32. The van der Waals surface area contributed by atoms with E-state index in [1.165, 1.54) is 10.9 Å². The second kappa shape index (κ2) is 6.25. The number of hydrogen-bond acceptors (Lipinski definition) is 4. The van der Waals surface area contributed by atoms with Gasteiger partial charge in [-0.3, -0.25) is 10.1 Å². The molecule has 3 aromatic rings. The molecule has 0 aliphatic heterocycles. The molecule has 102 valence electrons. The molecule has 5 nitrogen and oxygen atoms in total. The van der Waals surface area contributed by atoms with Gasteiger partial charge in [0.1, 0.15) is 12.2 Å². The Kier molecular flexibility index (Phi) is 3.99. The van der Waals surface area contributed by atoms with Crippen LogP contribution in [-0.4, -0.2) is 26.7 Å². The highest BCUT2D eigenvalue weighted by molar-refractivity contribution is 5.81. The van der Waals surface area contributed by atoms with Crippen LogP contribution in [0.5, 0.6) is 0 Å². The van der Waals surface area contributed by atoms with E-state index in [1.54, 1.807) is 6.33 Å². The average molecular weight is 267 g/mol. The molecule has 0 unspecified atom stereocenters. The van der Waals surface area contributed by atoms with Gasteiger partial charge in [-0.2, -0.15) is 5.10 Å². The Morgan fingerprint density at radius 2 is 2.05 bits per heavy atom. The molecule has 2 N–H and O–H groups in total. The number of aromatic amines is 1. The topological polar surface area (TPSA) is 66.5 Å². The predicted octanol–water partition coefficient (Wildman–Crippen LogP) is 2.08. The van der Waals surface area contributed by atoms with E-state index in [0.29, 0.717) is 0 Å². The molecule has 0 aliphatic rings. The van der Waals surface area contributed by atoms with Crippen LogP contribution in [0.4, 0.5) is 0 Å². The van der Waals surface area contributed by atoms with Crippen LogP contribution in [0.3, 0.4) is 0 Å². The molecule has 0 amide bonds. The summed E-state index contributed by atoms with van der Waals surface area (Å²) in [6.45, 7) is 1.79. The van der Waals surface area contributed by atoms with Crippen LogP contribution < -0.4 is 5.32 Å². The molecule has 0 saturated heterocycles. The number of nitrogens with zero attached hydrogens (tertiary/aromatic N) is 3. The highest BCUT2D eigenvalue weighted by Crippen LogP contribution is 2.15. The Morgan fingerprint density at radius 3 is 2.95 bits per heavy atom. The summed E-state index contributed by atoms with van der Waals surface area (Å²) in [6, 6.07) is 10.4. The molecule has 3 rings (SSSR count). The van der Waals surface area contributed by atoms with Gasteiger partial charge in [0, 0.05) is 24.5 Å². The first kappa shape index (κ1) is 12.7. The predicted molar refractivity (Wildman–Crippen MR) is 78.2 cm³/mol. The Labute approximate surface area is 117 Å². The van der Waals surface area contributed by atoms with Gasteiger partial charge in [0.25, 0.3) is 0 Å². The Balaban J connectivity index is 1.52. The lowest BCUT2D eigenvalue weighted by Gasteiger charge is -2.07. The smallest absolute Gasteiger partial charge is 0.137 e. The maximum Gasteiger partial charge on any atom is 0.137 e. The first-order valence-corrected chi connectivity index (χ1v) is 6.81. The second-order valence-corrected chi connectivity index (χ2v) is 4.70. The third-order valence-electron chi connectivity index (χ3n) is 3.26. The maximum absolute atomic E-state index is 4.46. The van der Waals surface area contributed by atoms with Crippen LogP contribution in [0.25, 0.3) is 10.9 Å². The number of benzene rings is 1. The van der Waals surface area contributed by atoms with Crippen LogP contribution in [0.2, 0.25) is 0 Å². The number of H-pyrrole nitrogens is 1. The Morgan fingerprint density at radius 1 is 1.10 bits per heavy atom. The molecule has 0 aliphatic carbocycles. The largest absolute Gasteiger partial charge is 0.313 e. The lowest BCUT2D eigenvalue weighted by molar-refractivity contribution is 0.641. The number of para-hydroxylation sites is 1. The number of hydrogen-bond donors (Lipinski definition) is 2. The van der Waals surface area contributed by atoms with E-state index in [2.05, 4.69) is 49.7 Å². The summed E-state index contributed by atoms with van der Waals surface area (Å²) in [5, 5.41) is 11.4. The number of pyridine rings is 1. The van der Waals surface area contributed by atoms with Gasteiger partial charge in [-0.25, -0.2) is 4.98 Å². The van der Waals surface area contributed by atoms with E-state index in [4.69, 9.17) is 0 Å². The molecule has 0 bridgehead atoms. The van der Waals surface area contributed by atoms with Crippen molar-refractivity contribution in [2.75, 3.05) is 6.54 Å². The van der Waals surface area contributed by atoms with Crippen molar-refractivity contribution >= 4 is 10.9 Å². The van der Waals surface area contributed by atoms with Crippen molar-refractivity contribution in [1.29, 1.82) is 0 Å². The fraction of sp³-hybridized carbons (Fsp3) is 0.267. The van der Waals surface area contributed by atoms with Crippen LogP contribution in [0.15, 0.2) is 42.9 Å². The molecule has 0 fully saturated rings. The SMILES string of the molecule is c1cnc2c(CNCCCc3ncn[nH]3)cccc2c1. The van der Waals surface area contributed by atoms with Gasteiger partial charge in [-0.05, 0) is 24.6 Å². The molecule has 2 aromatic heterocycles. The Bertz CT molecular complexity index is 658. The van der Waals surface area contributed by atoms with Crippen molar-refractivity contribution in [3.8, 4) is 0 Å². The number of aromatic nitrogens is 4. The van der Waals surface area contributed by atoms with Crippen LogP contribution in [-0.2, 0) is 13.0 Å². The minimum Gasteiger partial charge on any atom is -0.313 e. The average Bonchev–Trinajstić information content (AvgIpc) is 3.00. The van der Waals surface area contributed by atoms with E-state index in [1.807, 2.05) is 12.3 Å². The number of rotatable bonds is 6. The van der Waals surface area contributed by atoms with Gasteiger partial charge in [-0.15, -0.1) is 0 Å². The number of aryl methyl sites for hydroxylation is 1. The normalized spacial score (nSPS) is 11.0. The van der Waals surface area contributed by atoms with E-state index in [-0.39, 0.29) is 0 Å². The lowest BCUT2D eigenvalue weighted by atomic mass is 10.1. The zero-order chi connectivity index (χ0) is 13.6. The fourth-order valence-electron chi connectivity index (χ4n) is 2.27. The zero-order valence-electron chi connectivity index (χ0n) is 11.2. The van der Waals surface area contributed by atoms with Crippen molar-refractivity contribution in [3.63, 3.8) is 0 Å². The molecule has 0 spiro atoms. The first-order chi connectivity index (χ1) is 9.93. The van der Waals surface area contributed by atoms with Gasteiger partial charge in [0.05, 0.1) is 5.52 Å². The third-order valence-corrected chi connectivity index (χ3v) is 3.26. The summed E-state index contributed by atoms with van der Waals surface area (Å²) in [7, 11) is 0. The van der Waals surface area contributed by atoms with Gasteiger partial charge in [0.2, 0.25) is 0 Å². The van der Waals surface area contributed by atoms with E-state index in [0.717, 1.165) is 37.3 Å². The molecular formula is C15H17N5. The summed E-state index contributed by atoms with van der Waals surface area (Å²) >= 11 is 0. The molecule has 20 heavy (non-hydrogen) atoms.